The van der Waals surface area contributed by atoms with E-state index in [9.17, 15) is 5.11 Å². The van der Waals surface area contributed by atoms with E-state index in [1.54, 1.807) is 17.1 Å². The second-order valence-corrected chi connectivity index (χ2v) is 3.84. The van der Waals surface area contributed by atoms with Gasteiger partial charge in [0.1, 0.15) is 0 Å². The van der Waals surface area contributed by atoms with Gasteiger partial charge in [0.15, 0.2) is 0 Å². The first-order valence-electron chi connectivity index (χ1n) is 4.81. The number of rotatable bonds is 3. The normalized spacial score (nSPS) is 26.6. The highest BCUT2D eigenvalue weighted by Gasteiger charge is 2.31. The maximum atomic E-state index is 10.1. The molecule has 0 spiro atoms. The number of aliphatic hydroxyl groups is 1. The molecule has 76 valence electrons. The van der Waals surface area contributed by atoms with Gasteiger partial charge in [0.2, 0.25) is 0 Å². The molecule has 0 aromatic carbocycles. The van der Waals surface area contributed by atoms with Crippen LogP contribution in [0, 0.1) is 0 Å². The van der Waals surface area contributed by atoms with Gasteiger partial charge in [-0.1, -0.05) is 6.58 Å². The van der Waals surface area contributed by atoms with Crippen molar-refractivity contribution in [1.82, 2.24) is 15.1 Å². The zero-order chi connectivity index (χ0) is 10.0. The molecule has 14 heavy (non-hydrogen) atoms. The molecule has 1 aliphatic heterocycles. The Bertz CT molecular complexity index is 326. The zero-order valence-corrected chi connectivity index (χ0v) is 8.11. The van der Waals surface area contributed by atoms with Gasteiger partial charge < -0.3 is 10.4 Å². The van der Waals surface area contributed by atoms with E-state index in [2.05, 4.69) is 17.0 Å². The van der Waals surface area contributed by atoms with E-state index in [-0.39, 0.29) is 0 Å². The van der Waals surface area contributed by atoms with Gasteiger partial charge >= 0.3 is 0 Å². The summed E-state index contributed by atoms with van der Waals surface area (Å²) >= 11 is 0. The average molecular weight is 193 g/mol. The van der Waals surface area contributed by atoms with Crippen molar-refractivity contribution in [2.75, 3.05) is 13.1 Å². The van der Waals surface area contributed by atoms with Crippen molar-refractivity contribution in [3.63, 3.8) is 0 Å². The van der Waals surface area contributed by atoms with Gasteiger partial charge in [-0.2, -0.15) is 5.10 Å². The lowest BCUT2D eigenvalue weighted by molar-refractivity contribution is 0.0619. The van der Waals surface area contributed by atoms with Gasteiger partial charge in [0, 0.05) is 25.4 Å². The summed E-state index contributed by atoms with van der Waals surface area (Å²) in [7, 11) is 0. The van der Waals surface area contributed by atoms with Crippen molar-refractivity contribution in [3.05, 3.63) is 24.5 Å². The van der Waals surface area contributed by atoms with Crippen LogP contribution in [0.15, 0.2) is 19.0 Å². The van der Waals surface area contributed by atoms with Gasteiger partial charge in [-0.3, -0.25) is 0 Å². The highest BCUT2D eigenvalue weighted by Crippen LogP contribution is 2.19. The standard InChI is InChI=1S/C10H15N3O/c1-2-13-7-9(6-12-13)5-10(14)3-4-11-8-10/h2,6-7,11,14H,1,3-5,8H2. The summed E-state index contributed by atoms with van der Waals surface area (Å²) in [4.78, 5) is 0. The molecule has 4 nitrogen and oxygen atoms in total. The molecule has 1 aromatic rings. The predicted octanol–water partition coefficient (Wildman–Crippen LogP) is 0.251. The van der Waals surface area contributed by atoms with Crippen molar-refractivity contribution >= 4 is 6.20 Å². The summed E-state index contributed by atoms with van der Waals surface area (Å²) in [5, 5.41) is 17.3. The summed E-state index contributed by atoms with van der Waals surface area (Å²) in [6.07, 6.45) is 6.78. The fourth-order valence-corrected chi connectivity index (χ4v) is 1.83. The number of nitrogens with one attached hydrogen (secondary N) is 1. The maximum Gasteiger partial charge on any atom is 0.0824 e. The van der Waals surface area contributed by atoms with Crippen LogP contribution in [0.5, 0.6) is 0 Å². The molecule has 2 heterocycles. The minimum Gasteiger partial charge on any atom is -0.388 e. The van der Waals surface area contributed by atoms with E-state index in [0.29, 0.717) is 13.0 Å². The van der Waals surface area contributed by atoms with Crippen LogP contribution in [0.1, 0.15) is 12.0 Å². The van der Waals surface area contributed by atoms with Crippen LogP contribution in [-0.2, 0) is 6.42 Å². The third-order valence-corrected chi connectivity index (χ3v) is 2.60. The molecule has 1 fully saturated rings. The van der Waals surface area contributed by atoms with Crippen molar-refractivity contribution in [3.8, 4) is 0 Å². The monoisotopic (exact) mass is 193 g/mol. The van der Waals surface area contributed by atoms with Crippen molar-refractivity contribution in [2.24, 2.45) is 0 Å². The zero-order valence-electron chi connectivity index (χ0n) is 8.11. The van der Waals surface area contributed by atoms with E-state index in [4.69, 9.17) is 0 Å². The van der Waals surface area contributed by atoms with Gasteiger partial charge in [-0.15, -0.1) is 0 Å². The molecule has 1 saturated heterocycles. The third kappa shape index (κ3) is 1.86. The molecule has 1 unspecified atom stereocenters. The van der Waals surface area contributed by atoms with E-state index in [1.807, 2.05) is 6.20 Å². The Hall–Kier alpha value is -1.13. The minimum atomic E-state index is -0.588. The number of β-amino-alcohol motifs (C(OH)–C–C–N with tert-alkyl or cyclic N) is 1. The van der Waals surface area contributed by atoms with Crippen LogP contribution in [0.4, 0.5) is 0 Å². The quantitative estimate of drug-likeness (QED) is 0.723. The molecule has 1 atom stereocenters. The first-order valence-corrected chi connectivity index (χ1v) is 4.81. The molecular formula is C10H15N3O. The lowest BCUT2D eigenvalue weighted by Crippen LogP contribution is -2.33. The van der Waals surface area contributed by atoms with Crippen molar-refractivity contribution in [1.29, 1.82) is 0 Å². The largest absolute Gasteiger partial charge is 0.388 e. The summed E-state index contributed by atoms with van der Waals surface area (Å²) < 4.78 is 1.65. The number of aromatic nitrogens is 2. The SMILES string of the molecule is C=Cn1cc(CC2(O)CCNC2)cn1. The topological polar surface area (TPSA) is 50.1 Å². The Labute approximate surface area is 83.2 Å². The maximum absolute atomic E-state index is 10.1. The van der Waals surface area contributed by atoms with Gasteiger partial charge in [-0.05, 0) is 18.5 Å². The van der Waals surface area contributed by atoms with Crippen molar-refractivity contribution < 1.29 is 5.11 Å². The van der Waals surface area contributed by atoms with Crippen LogP contribution >= 0.6 is 0 Å². The highest BCUT2D eigenvalue weighted by atomic mass is 16.3. The molecular weight excluding hydrogens is 178 g/mol. The summed E-state index contributed by atoms with van der Waals surface area (Å²) in [5.74, 6) is 0. The minimum absolute atomic E-state index is 0.588. The smallest absolute Gasteiger partial charge is 0.0824 e. The summed E-state index contributed by atoms with van der Waals surface area (Å²) in [6.45, 7) is 5.19. The van der Waals surface area contributed by atoms with E-state index >= 15 is 0 Å². The number of nitrogens with zero attached hydrogens (tertiary/aromatic N) is 2. The molecule has 1 aromatic heterocycles. The Morgan fingerprint density at radius 3 is 3.21 bits per heavy atom. The summed E-state index contributed by atoms with van der Waals surface area (Å²) in [5.41, 5.74) is 0.464. The molecule has 2 rings (SSSR count). The van der Waals surface area contributed by atoms with Crippen molar-refractivity contribution in [2.45, 2.75) is 18.4 Å². The first-order chi connectivity index (χ1) is 6.72. The highest BCUT2D eigenvalue weighted by molar-refractivity contribution is 5.19. The van der Waals surface area contributed by atoms with Gasteiger partial charge in [0.25, 0.3) is 0 Å². The second kappa shape index (κ2) is 3.55. The fraction of sp³-hybridized carbons (Fsp3) is 0.500. The van der Waals surface area contributed by atoms with E-state index in [1.165, 1.54) is 0 Å². The summed E-state index contributed by atoms with van der Waals surface area (Å²) in [6, 6.07) is 0. The second-order valence-electron chi connectivity index (χ2n) is 3.84. The Balaban J connectivity index is 2.05. The molecule has 0 bridgehead atoms. The van der Waals surface area contributed by atoms with Crippen LogP contribution in [0.2, 0.25) is 0 Å². The third-order valence-electron chi connectivity index (χ3n) is 2.60. The first kappa shape index (κ1) is 9.43. The Kier molecular flexibility index (Phi) is 2.39. The van der Waals surface area contributed by atoms with Crippen LogP contribution < -0.4 is 5.32 Å². The molecule has 0 aliphatic carbocycles. The van der Waals surface area contributed by atoms with Gasteiger partial charge in [-0.25, -0.2) is 4.68 Å². The molecule has 0 saturated carbocycles. The molecule has 2 N–H and O–H groups in total. The van der Waals surface area contributed by atoms with Crippen LogP contribution in [0.25, 0.3) is 6.20 Å². The number of hydrogen-bond acceptors (Lipinski definition) is 3. The Morgan fingerprint density at radius 1 is 1.79 bits per heavy atom. The van der Waals surface area contributed by atoms with Gasteiger partial charge in [0.05, 0.1) is 11.8 Å². The van der Waals surface area contributed by atoms with E-state index in [0.717, 1.165) is 18.5 Å². The fourth-order valence-electron chi connectivity index (χ4n) is 1.83. The molecule has 0 radical (unpaired) electrons. The molecule has 4 heteroatoms. The Morgan fingerprint density at radius 2 is 2.64 bits per heavy atom. The van der Waals surface area contributed by atoms with Crippen LogP contribution in [-0.4, -0.2) is 33.6 Å². The van der Waals surface area contributed by atoms with Crippen LogP contribution in [0.3, 0.4) is 0 Å². The lowest BCUT2D eigenvalue weighted by Gasteiger charge is -2.19. The molecule has 0 amide bonds. The van der Waals surface area contributed by atoms with E-state index < -0.39 is 5.60 Å². The lowest BCUT2D eigenvalue weighted by atomic mass is 9.96. The average Bonchev–Trinajstić information content (AvgIpc) is 2.75. The molecule has 1 aliphatic rings. The number of hydrogen-bond donors (Lipinski definition) is 2. The predicted molar refractivity (Wildman–Crippen MR) is 54.8 cm³/mol.